The summed E-state index contributed by atoms with van der Waals surface area (Å²) in [5.41, 5.74) is 1.48. The molecular weight excluding hydrogens is 218 g/mol. The van der Waals surface area contributed by atoms with Gasteiger partial charge in [-0.3, -0.25) is 4.79 Å². The van der Waals surface area contributed by atoms with Gasteiger partial charge in [0.15, 0.2) is 0 Å². The Morgan fingerprint density at radius 3 is 2.59 bits per heavy atom. The van der Waals surface area contributed by atoms with E-state index < -0.39 is 0 Å². The molecule has 0 atom stereocenters. The van der Waals surface area contributed by atoms with Crippen LogP contribution in [0.15, 0.2) is 36.4 Å². The van der Waals surface area contributed by atoms with E-state index in [0.717, 1.165) is 5.57 Å². The van der Waals surface area contributed by atoms with E-state index in [-0.39, 0.29) is 19.1 Å². The Bertz CT molecular complexity index is 384. The van der Waals surface area contributed by atoms with E-state index in [4.69, 9.17) is 9.84 Å². The lowest BCUT2D eigenvalue weighted by Crippen LogP contribution is -2.26. The van der Waals surface area contributed by atoms with Crippen molar-refractivity contribution < 1.29 is 14.6 Å². The van der Waals surface area contributed by atoms with Crippen molar-refractivity contribution in [3.63, 3.8) is 0 Å². The first-order valence-corrected chi connectivity index (χ1v) is 5.40. The number of hydrogen-bond acceptors (Lipinski definition) is 3. The minimum Gasteiger partial charge on any atom is -0.489 e. The van der Waals surface area contributed by atoms with Crippen molar-refractivity contribution in [1.82, 2.24) is 5.32 Å². The molecule has 1 rings (SSSR count). The van der Waals surface area contributed by atoms with Crippen LogP contribution in [-0.2, 0) is 0 Å². The maximum absolute atomic E-state index is 11.5. The summed E-state index contributed by atoms with van der Waals surface area (Å²) in [6.07, 6.45) is 0. The summed E-state index contributed by atoms with van der Waals surface area (Å²) in [4.78, 5) is 11.5. The number of rotatable bonds is 6. The van der Waals surface area contributed by atoms with E-state index in [0.29, 0.717) is 17.9 Å². The Kier molecular flexibility index (Phi) is 5.23. The molecule has 0 aromatic heterocycles. The Morgan fingerprint density at radius 1 is 1.41 bits per heavy atom. The van der Waals surface area contributed by atoms with Crippen LogP contribution in [0.2, 0.25) is 0 Å². The number of ether oxygens (including phenoxy) is 1. The molecular formula is C13H17NO3. The summed E-state index contributed by atoms with van der Waals surface area (Å²) in [5.74, 6) is 0.497. The Morgan fingerprint density at radius 2 is 2.06 bits per heavy atom. The van der Waals surface area contributed by atoms with E-state index in [2.05, 4.69) is 11.9 Å². The summed E-state index contributed by atoms with van der Waals surface area (Å²) in [6, 6.07) is 6.83. The molecule has 0 aliphatic rings. The van der Waals surface area contributed by atoms with Gasteiger partial charge in [-0.25, -0.2) is 0 Å². The van der Waals surface area contributed by atoms with Gasteiger partial charge in [0, 0.05) is 12.1 Å². The summed E-state index contributed by atoms with van der Waals surface area (Å²) in [7, 11) is 0. The largest absolute Gasteiger partial charge is 0.489 e. The lowest BCUT2D eigenvalue weighted by Gasteiger charge is -2.07. The SMILES string of the molecule is C=C(C)COc1ccc(C(=O)NCCO)cc1. The monoisotopic (exact) mass is 235 g/mol. The highest BCUT2D eigenvalue weighted by molar-refractivity contribution is 5.94. The van der Waals surface area contributed by atoms with Crippen LogP contribution < -0.4 is 10.1 Å². The smallest absolute Gasteiger partial charge is 0.251 e. The molecule has 4 heteroatoms. The number of benzene rings is 1. The highest BCUT2D eigenvalue weighted by Gasteiger charge is 2.04. The molecule has 1 aromatic rings. The van der Waals surface area contributed by atoms with E-state index in [9.17, 15) is 4.79 Å². The highest BCUT2D eigenvalue weighted by Crippen LogP contribution is 2.12. The first-order valence-electron chi connectivity index (χ1n) is 5.40. The lowest BCUT2D eigenvalue weighted by molar-refractivity contribution is 0.0944. The van der Waals surface area contributed by atoms with E-state index >= 15 is 0 Å². The molecule has 0 saturated carbocycles. The van der Waals surface area contributed by atoms with Gasteiger partial charge in [-0.2, -0.15) is 0 Å². The van der Waals surface area contributed by atoms with Gasteiger partial charge < -0.3 is 15.2 Å². The van der Waals surface area contributed by atoms with E-state index in [1.807, 2.05) is 6.92 Å². The van der Waals surface area contributed by atoms with Crippen molar-refractivity contribution in [2.24, 2.45) is 0 Å². The summed E-state index contributed by atoms with van der Waals surface area (Å²) < 4.78 is 5.41. The number of amides is 1. The molecule has 17 heavy (non-hydrogen) atoms. The number of nitrogens with one attached hydrogen (secondary N) is 1. The van der Waals surface area contributed by atoms with Crippen molar-refractivity contribution in [3.05, 3.63) is 42.0 Å². The van der Waals surface area contributed by atoms with Crippen molar-refractivity contribution in [2.45, 2.75) is 6.92 Å². The van der Waals surface area contributed by atoms with Crippen LogP contribution in [0.1, 0.15) is 17.3 Å². The summed E-state index contributed by atoms with van der Waals surface area (Å²) >= 11 is 0. The van der Waals surface area contributed by atoms with Gasteiger partial charge in [-0.15, -0.1) is 0 Å². The summed E-state index contributed by atoms with van der Waals surface area (Å²) in [6.45, 7) is 6.28. The average molecular weight is 235 g/mol. The van der Waals surface area contributed by atoms with Crippen molar-refractivity contribution in [2.75, 3.05) is 19.8 Å². The fraction of sp³-hybridized carbons (Fsp3) is 0.308. The van der Waals surface area contributed by atoms with Crippen molar-refractivity contribution in [3.8, 4) is 5.75 Å². The Labute approximate surface area is 101 Å². The van der Waals surface area contributed by atoms with Crippen LogP contribution in [0.3, 0.4) is 0 Å². The third kappa shape index (κ3) is 4.70. The van der Waals surface area contributed by atoms with Gasteiger partial charge in [-0.1, -0.05) is 6.58 Å². The third-order valence-electron chi connectivity index (χ3n) is 2.00. The Balaban J connectivity index is 2.55. The number of carbonyl (C=O) groups excluding carboxylic acids is 1. The molecule has 0 unspecified atom stereocenters. The molecule has 0 aliphatic carbocycles. The van der Waals surface area contributed by atoms with Gasteiger partial charge in [0.25, 0.3) is 5.91 Å². The minimum absolute atomic E-state index is 0.0639. The fourth-order valence-corrected chi connectivity index (χ4v) is 1.18. The van der Waals surface area contributed by atoms with Crippen LogP contribution in [0.5, 0.6) is 5.75 Å². The number of aliphatic hydroxyl groups is 1. The zero-order chi connectivity index (χ0) is 12.7. The fourth-order valence-electron chi connectivity index (χ4n) is 1.18. The molecule has 92 valence electrons. The first-order chi connectivity index (χ1) is 8.13. The number of aliphatic hydroxyl groups excluding tert-OH is 1. The number of carbonyl (C=O) groups is 1. The quantitative estimate of drug-likeness (QED) is 0.732. The first kappa shape index (κ1) is 13.3. The molecule has 0 spiro atoms. The van der Waals surface area contributed by atoms with Gasteiger partial charge in [0.2, 0.25) is 0 Å². The van der Waals surface area contributed by atoms with Crippen molar-refractivity contribution >= 4 is 5.91 Å². The second-order valence-corrected chi connectivity index (χ2v) is 3.75. The molecule has 0 radical (unpaired) electrons. The van der Waals surface area contributed by atoms with Crippen LogP contribution in [0.25, 0.3) is 0 Å². The molecule has 4 nitrogen and oxygen atoms in total. The molecule has 0 saturated heterocycles. The second-order valence-electron chi connectivity index (χ2n) is 3.75. The lowest BCUT2D eigenvalue weighted by atomic mass is 10.2. The predicted molar refractivity (Wildman–Crippen MR) is 66.2 cm³/mol. The standard InChI is InChI=1S/C13H17NO3/c1-10(2)9-17-12-5-3-11(4-6-12)13(16)14-7-8-15/h3-6,15H,1,7-9H2,2H3,(H,14,16). The number of hydrogen-bond donors (Lipinski definition) is 2. The topological polar surface area (TPSA) is 58.6 Å². The van der Waals surface area contributed by atoms with E-state index in [1.165, 1.54) is 0 Å². The highest BCUT2D eigenvalue weighted by atomic mass is 16.5. The molecule has 0 aliphatic heterocycles. The maximum Gasteiger partial charge on any atom is 0.251 e. The molecule has 1 aromatic carbocycles. The van der Waals surface area contributed by atoms with Gasteiger partial charge in [0.05, 0.1) is 6.61 Å². The molecule has 2 N–H and O–H groups in total. The maximum atomic E-state index is 11.5. The van der Waals surface area contributed by atoms with Gasteiger partial charge >= 0.3 is 0 Å². The van der Waals surface area contributed by atoms with Crippen LogP contribution >= 0.6 is 0 Å². The Hall–Kier alpha value is -1.81. The van der Waals surface area contributed by atoms with Crippen LogP contribution in [0, 0.1) is 0 Å². The minimum atomic E-state index is -0.203. The molecule has 0 heterocycles. The van der Waals surface area contributed by atoms with E-state index in [1.54, 1.807) is 24.3 Å². The normalized spacial score (nSPS) is 9.76. The third-order valence-corrected chi connectivity index (χ3v) is 2.00. The predicted octanol–water partition coefficient (Wildman–Crippen LogP) is 1.36. The average Bonchev–Trinajstić information content (AvgIpc) is 2.34. The zero-order valence-electron chi connectivity index (χ0n) is 9.90. The zero-order valence-corrected chi connectivity index (χ0v) is 9.90. The van der Waals surface area contributed by atoms with Crippen molar-refractivity contribution in [1.29, 1.82) is 0 Å². The second kappa shape index (κ2) is 6.70. The summed E-state index contributed by atoms with van der Waals surface area (Å²) in [5, 5.41) is 11.2. The van der Waals surface area contributed by atoms with Gasteiger partial charge in [-0.05, 0) is 36.8 Å². The molecule has 0 bridgehead atoms. The van der Waals surface area contributed by atoms with Crippen LogP contribution in [0.4, 0.5) is 0 Å². The van der Waals surface area contributed by atoms with Gasteiger partial charge in [0.1, 0.15) is 12.4 Å². The van der Waals surface area contributed by atoms with Crippen LogP contribution in [-0.4, -0.2) is 30.8 Å². The molecule has 1 amide bonds. The molecule has 0 fully saturated rings.